The second kappa shape index (κ2) is 5.10. The van der Waals surface area contributed by atoms with E-state index in [0.717, 1.165) is 30.6 Å². The number of rotatable bonds is 5. The van der Waals surface area contributed by atoms with Crippen LogP contribution in [0.15, 0.2) is 4.34 Å². The number of nitrogens with zero attached hydrogens (tertiary/aromatic N) is 2. The Hall–Kier alpha value is -0.730. The Morgan fingerprint density at radius 3 is 2.56 bits per heavy atom. The van der Waals surface area contributed by atoms with Gasteiger partial charge in [-0.3, -0.25) is 0 Å². The minimum atomic E-state index is -3.56. The molecule has 1 aliphatic rings. The number of nitrogen functional groups attached to an aromatic ring is 1. The Bertz CT molecular complexity index is 506. The summed E-state index contributed by atoms with van der Waals surface area (Å²) in [5.74, 6) is 0. The number of hydrogen-bond donors (Lipinski definition) is 2. The number of sulfonamides is 1. The van der Waals surface area contributed by atoms with Crippen LogP contribution >= 0.6 is 11.3 Å². The van der Waals surface area contributed by atoms with Crippen LogP contribution in [0.5, 0.6) is 0 Å². The van der Waals surface area contributed by atoms with Crippen LogP contribution in [0.2, 0.25) is 0 Å². The van der Waals surface area contributed by atoms with Gasteiger partial charge in [-0.1, -0.05) is 31.1 Å². The largest absolute Gasteiger partial charge is 0.374 e. The lowest BCUT2D eigenvalue weighted by Gasteiger charge is -2.27. The standard InChI is InChI=1S/C10H18N4O2S2/c1-2-10(5-3-4-6-10)7-12-18(15,16)9-14-13-8(11)17-9/h12H,2-7H2,1H3,(H2,11,13). The van der Waals surface area contributed by atoms with Crippen molar-refractivity contribution >= 4 is 26.5 Å². The molecule has 1 aromatic rings. The Balaban J connectivity index is 2.05. The molecule has 0 aliphatic heterocycles. The highest BCUT2D eigenvalue weighted by molar-refractivity contribution is 7.91. The average Bonchev–Trinajstić information content (AvgIpc) is 2.96. The van der Waals surface area contributed by atoms with E-state index in [2.05, 4.69) is 21.8 Å². The van der Waals surface area contributed by atoms with Gasteiger partial charge in [-0.2, -0.15) is 0 Å². The molecule has 2 rings (SSSR count). The van der Waals surface area contributed by atoms with E-state index >= 15 is 0 Å². The van der Waals surface area contributed by atoms with E-state index in [0.29, 0.717) is 6.54 Å². The molecular weight excluding hydrogens is 272 g/mol. The maximum absolute atomic E-state index is 12.0. The maximum Gasteiger partial charge on any atom is 0.269 e. The van der Waals surface area contributed by atoms with Crippen LogP contribution in [0.25, 0.3) is 0 Å². The van der Waals surface area contributed by atoms with E-state index in [-0.39, 0.29) is 14.9 Å². The van der Waals surface area contributed by atoms with Crippen LogP contribution in [0.3, 0.4) is 0 Å². The Kier molecular flexibility index (Phi) is 3.88. The van der Waals surface area contributed by atoms with E-state index in [1.165, 1.54) is 12.8 Å². The van der Waals surface area contributed by atoms with Gasteiger partial charge in [0.1, 0.15) is 0 Å². The highest BCUT2D eigenvalue weighted by Crippen LogP contribution is 2.40. The van der Waals surface area contributed by atoms with E-state index in [1.54, 1.807) is 0 Å². The summed E-state index contributed by atoms with van der Waals surface area (Å²) in [5, 5.41) is 7.27. The topological polar surface area (TPSA) is 98.0 Å². The molecule has 1 aromatic heterocycles. The molecule has 0 radical (unpaired) electrons. The fourth-order valence-electron chi connectivity index (χ4n) is 2.42. The second-order valence-corrected chi connectivity index (χ2v) is 7.74. The first-order valence-corrected chi connectivity index (χ1v) is 8.36. The zero-order chi connectivity index (χ0) is 13.2. The van der Waals surface area contributed by atoms with Gasteiger partial charge < -0.3 is 5.73 Å². The lowest BCUT2D eigenvalue weighted by atomic mass is 9.84. The van der Waals surface area contributed by atoms with Gasteiger partial charge in [0.15, 0.2) is 0 Å². The second-order valence-electron chi connectivity index (χ2n) is 4.79. The third kappa shape index (κ3) is 2.81. The summed E-state index contributed by atoms with van der Waals surface area (Å²) in [6, 6.07) is 0. The fourth-order valence-corrected chi connectivity index (χ4v) is 4.40. The first kappa shape index (κ1) is 13.7. The number of anilines is 1. The lowest BCUT2D eigenvalue weighted by Crippen LogP contribution is -2.35. The first-order chi connectivity index (χ1) is 8.47. The van der Waals surface area contributed by atoms with Gasteiger partial charge in [0, 0.05) is 6.54 Å². The van der Waals surface area contributed by atoms with Crippen LogP contribution in [0, 0.1) is 5.41 Å². The van der Waals surface area contributed by atoms with Crippen molar-refractivity contribution in [3.8, 4) is 0 Å². The molecule has 0 amide bonds. The van der Waals surface area contributed by atoms with Crippen molar-refractivity contribution in [2.45, 2.75) is 43.4 Å². The summed E-state index contributed by atoms with van der Waals surface area (Å²) in [5.41, 5.74) is 5.51. The summed E-state index contributed by atoms with van der Waals surface area (Å²) >= 11 is 0.889. The maximum atomic E-state index is 12.0. The average molecular weight is 290 g/mol. The smallest absolute Gasteiger partial charge is 0.269 e. The SMILES string of the molecule is CCC1(CNS(=O)(=O)c2nnc(N)s2)CCCC1. The predicted molar refractivity (Wildman–Crippen MR) is 70.7 cm³/mol. The van der Waals surface area contributed by atoms with Gasteiger partial charge in [-0.25, -0.2) is 13.1 Å². The normalized spacial score (nSPS) is 19.2. The number of nitrogens with two attached hydrogens (primary N) is 1. The van der Waals surface area contributed by atoms with Crippen LogP contribution in [-0.2, 0) is 10.0 Å². The number of nitrogens with one attached hydrogen (secondary N) is 1. The fraction of sp³-hybridized carbons (Fsp3) is 0.800. The molecule has 3 N–H and O–H groups in total. The van der Waals surface area contributed by atoms with Gasteiger partial charge in [0.05, 0.1) is 0 Å². The van der Waals surface area contributed by atoms with Crippen LogP contribution in [-0.4, -0.2) is 25.2 Å². The molecule has 1 saturated carbocycles. The Morgan fingerprint density at radius 2 is 2.06 bits per heavy atom. The molecule has 0 saturated heterocycles. The van der Waals surface area contributed by atoms with Gasteiger partial charge >= 0.3 is 0 Å². The Labute approximate surface area is 111 Å². The molecule has 0 aromatic carbocycles. The van der Waals surface area contributed by atoms with Crippen molar-refractivity contribution in [3.63, 3.8) is 0 Å². The third-order valence-electron chi connectivity index (χ3n) is 3.70. The molecule has 0 atom stereocenters. The van der Waals surface area contributed by atoms with Gasteiger partial charge in [-0.15, -0.1) is 10.2 Å². The van der Waals surface area contributed by atoms with Crippen molar-refractivity contribution in [2.24, 2.45) is 5.41 Å². The molecule has 1 fully saturated rings. The van der Waals surface area contributed by atoms with Crippen molar-refractivity contribution in [2.75, 3.05) is 12.3 Å². The van der Waals surface area contributed by atoms with Crippen molar-refractivity contribution in [1.29, 1.82) is 0 Å². The molecule has 102 valence electrons. The number of aromatic nitrogens is 2. The van der Waals surface area contributed by atoms with Crippen molar-refractivity contribution in [3.05, 3.63) is 0 Å². The highest BCUT2D eigenvalue weighted by Gasteiger charge is 2.33. The van der Waals surface area contributed by atoms with Crippen LogP contribution in [0.1, 0.15) is 39.0 Å². The monoisotopic (exact) mass is 290 g/mol. The summed E-state index contributed by atoms with van der Waals surface area (Å²) in [6.45, 7) is 2.59. The zero-order valence-corrected chi connectivity index (χ0v) is 12.0. The third-order valence-corrected chi connectivity index (χ3v) is 6.22. The first-order valence-electron chi connectivity index (χ1n) is 6.06. The molecular formula is C10H18N4O2S2. The quantitative estimate of drug-likeness (QED) is 0.853. The summed E-state index contributed by atoms with van der Waals surface area (Å²) < 4.78 is 26.6. The van der Waals surface area contributed by atoms with Gasteiger partial charge in [0.2, 0.25) is 9.47 Å². The van der Waals surface area contributed by atoms with Gasteiger partial charge in [-0.05, 0) is 24.7 Å². The van der Waals surface area contributed by atoms with E-state index in [1.807, 2.05) is 0 Å². The van der Waals surface area contributed by atoms with Crippen molar-refractivity contribution in [1.82, 2.24) is 14.9 Å². The molecule has 1 aliphatic carbocycles. The summed E-state index contributed by atoms with van der Waals surface area (Å²) in [4.78, 5) is 0. The van der Waals surface area contributed by atoms with E-state index in [9.17, 15) is 8.42 Å². The van der Waals surface area contributed by atoms with Gasteiger partial charge in [0.25, 0.3) is 10.0 Å². The molecule has 6 nitrogen and oxygen atoms in total. The minimum absolute atomic E-state index is 0.0516. The van der Waals surface area contributed by atoms with E-state index < -0.39 is 10.0 Å². The number of hydrogen-bond acceptors (Lipinski definition) is 6. The molecule has 0 spiro atoms. The zero-order valence-electron chi connectivity index (χ0n) is 10.3. The minimum Gasteiger partial charge on any atom is -0.374 e. The van der Waals surface area contributed by atoms with E-state index in [4.69, 9.17) is 5.73 Å². The lowest BCUT2D eigenvalue weighted by molar-refractivity contribution is 0.285. The van der Waals surface area contributed by atoms with Crippen LogP contribution in [0.4, 0.5) is 5.13 Å². The summed E-state index contributed by atoms with van der Waals surface area (Å²) in [7, 11) is -3.56. The molecule has 0 unspecified atom stereocenters. The molecule has 1 heterocycles. The van der Waals surface area contributed by atoms with Crippen molar-refractivity contribution < 1.29 is 8.42 Å². The predicted octanol–water partition coefficient (Wildman–Crippen LogP) is 1.37. The molecule has 18 heavy (non-hydrogen) atoms. The highest BCUT2D eigenvalue weighted by atomic mass is 32.2. The Morgan fingerprint density at radius 1 is 1.39 bits per heavy atom. The van der Waals surface area contributed by atoms with Crippen LogP contribution < -0.4 is 10.5 Å². The molecule has 0 bridgehead atoms. The summed E-state index contributed by atoms with van der Waals surface area (Å²) in [6.07, 6.45) is 5.53. The molecule has 8 heteroatoms.